The molecule has 3 N–H and O–H groups in total. The number of rotatable bonds is 6. The van der Waals surface area contributed by atoms with E-state index in [1.807, 2.05) is 0 Å². The van der Waals surface area contributed by atoms with Crippen LogP contribution >= 0.6 is 0 Å². The number of carbonyl (C=O) groups is 3. The van der Waals surface area contributed by atoms with Crippen LogP contribution in [0.5, 0.6) is 0 Å². The number of primary amides is 1. The molecular formula is C13H15FN2O4. The normalized spacial score (nSPS) is 11.5. The van der Waals surface area contributed by atoms with Gasteiger partial charge in [-0.3, -0.25) is 14.4 Å². The van der Waals surface area contributed by atoms with Crippen molar-refractivity contribution in [2.75, 3.05) is 6.61 Å². The second-order valence-electron chi connectivity index (χ2n) is 4.10. The van der Waals surface area contributed by atoms with Gasteiger partial charge in [0.2, 0.25) is 5.91 Å². The SMILES string of the molecule is CC(=O)OCC(=O)N[C@H](Cc1ccccc1F)C(N)=O. The summed E-state index contributed by atoms with van der Waals surface area (Å²) in [5, 5.41) is 2.29. The molecule has 2 amide bonds. The fourth-order valence-electron chi connectivity index (χ4n) is 1.51. The van der Waals surface area contributed by atoms with Gasteiger partial charge in [-0.2, -0.15) is 0 Å². The van der Waals surface area contributed by atoms with Crippen LogP contribution in [-0.4, -0.2) is 30.4 Å². The van der Waals surface area contributed by atoms with Crippen molar-refractivity contribution in [1.82, 2.24) is 5.32 Å². The molecule has 0 aromatic heterocycles. The van der Waals surface area contributed by atoms with Gasteiger partial charge < -0.3 is 15.8 Å². The number of amides is 2. The Hall–Kier alpha value is -2.44. The zero-order chi connectivity index (χ0) is 15.1. The van der Waals surface area contributed by atoms with Gasteiger partial charge in [0.15, 0.2) is 6.61 Å². The molecule has 0 saturated carbocycles. The highest BCUT2D eigenvalue weighted by Gasteiger charge is 2.20. The maximum absolute atomic E-state index is 13.5. The van der Waals surface area contributed by atoms with Crippen molar-refractivity contribution in [3.63, 3.8) is 0 Å². The van der Waals surface area contributed by atoms with E-state index in [0.29, 0.717) is 0 Å². The number of benzene rings is 1. The first kappa shape index (κ1) is 15.6. The average molecular weight is 282 g/mol. The number of nitrogens with one attached hydrogen (secondary N) is 1. The molecule has 20 heavy (non-hydrogen) atoms. The number of hydrogen-bond donors (Lipinski definition) is 2. The second-order valence-corrected chi connectivity index (χ2v) is 4.10. The van der Waals surface area contributed by atoms with Gasteiger partial charge in [0.25, 0.3) is 5.91 Å². The molecule has 108 valence electrons. The smallest absolute Gasteiger partial charge is 0.303 e. The Morgan fingerprint density at radius 1 is 1.35 bits per heavy atom. The fraction of sp³-hybridized carbons (Fsp3) is 0.308. The minimum absolute atomic E-state index is 0.0756. The van der Waals surface area contributed by atoms with Crippen LogP contribution in [0.2, 0.25) is 0 Å². The first-order chi connectivity index (χ1) is 9.40. The van der Waals surface area contributed by atoms with Crippen LogP contribution < -0.4 is 11.1 Å². The van der Waals surface area contributed by atoms with Crippen LogP contribution in [0.3, 0.4) is 0 Å². The zero-order valence-corrected chi connectivity index (χ0v) is 10.9. The lowest BCUT2D eigenvalue weighted by Gasteiger charge is -2.15. The fourth-order valence-corrected chi connectivity index (χ4v) is 1.51. The van der Waals surface area contributed by atoms with Crippen LogP contribution in [0.25, 0.3) is 0 Å². The number of carbonyl (C=O) groups excluding carboxylic acids is 3. The third-order valence-electron chi connectivity index (χ3n) is 2.47. The quantitative estimate of drug-likeness (QED) is 0.712. The first-order valence-corrected chi connectivity index (χ1v) is 5.85. The lowest BCUT2D eigenvalue weighted by atomic mass is 10.0. The van der Waals surface area contributed by atoms with E-state index in [9.17, 15) is 18.8 Å². The van der Waals surface area contributed by atoms with Gasteiger partial charge in [-0.25, -0.2) is 4.39 Å². The molecule has 0 unspecified atom stereocenters. The molecule has 0 bridgehead atoms. The van der Waals surface area contributed by atoms with Gasteiger partial charge in [-0.15, -0.1) is 0 Å². The van der Waals surface area contributed by atoms with Crippen LogP contribution in [0.1, 0.15) is 12.5 Å². The molecule has 0 radical (unpaired) electrons. The largest absolute Gasteiger partial charge is 0.456 e. The third-order valence-corrected chi connectivity index (χ3v) is 2.47. The summed E-state index contributed by atoms with van der Waals surface area (Å²) in [5.74, 6) is -2.59. The Bertz CT molecular complexity index is 519. The molecule has 1 atom stereocenters. The molecule has 0 saturated heterocycles. The highest BCUT2D eigenvalue weighted by molar-refractivity contribution is 5.88. The van der Waals surface area contributed by atoms with Gasteiger partial charge in [-0.05, 0) is 11.6 Å². The van der Waals surface area contributed by atoms with Gasteiger partial charge in [-0.1, -0.05) is 18.2 Å². The molecule has 0 aliphatic heterocycles. The Kier molecular flexibility index (Phi) is 5.64. The molecule has 1 aromatic rings. The number of esters is 1. The first-order valence-electron chi connectivity index (χ1n) is 5.85. The Balaban J connectivity index is 2.66. The molecule has 0 aliphatic carbocycles. The maximum Gasteiger partial charge on any atom is 0.303 e. The van der Waals surface area contributed by atoms with Crippen molar-refractivity contribution in [1.29, 1.82) is 0 Å². The zero-order valence-electron chi connectivity index (χ0n) is 10.9. The lowest BCUT2D eigenvalue weighted by molar-refractivity contribution is -0.146. The monoisotopic (exact) mass is 282 g/mol. The van der Waals surface area contributed by atoms with Crippen molar-refractivity contribution in [2.45, 2.75) is 19.4 Å². The minimum atomic E-state index is -1.07. The summed E-state index contributed by atoms with van der Waals surface area (Å²) in [6.45, 7) is 0.634. The summed E-state index contributed by atoms with van der Waals surface area (Å²) in [7, 11) is 0. The molecule has 7 heteroatoms. The molecule has 0 spiro atoms. The van der Waals surface area contributed by atoms with Crippen molar-refractivity contribution in [2.24, 2.45) is 5.73 Å². The second kappa shape index (κ2) is 7.22. The van der Waals surface area contributed by atoms with Crippen molar-refractivity contribution in [3.05, 3.63) is 35.6 Å². The third kappa shape index (κ3) is 5.05. The molecule has 1 aromatic carbocycles. The molecule has 0 aliphatic rings. The van der Waals surface area contributed by atoms with Gasteiger partial charge >= 0.3 is 5.97 Å². The number of halogens is 1. The van der Waals surface area contributed by atoms with Gasteiger partial charge in [0.05, 0.1) is 0 Å². The Morgan fingerprint density at radius 3 is 2.55 bits per heavy atom. The minimum Gasteiger partial charge on any atom is -0.456 e. The number of nitrogens with two attached hydrogens (primary N) is 1. The summed E-state index contributed by atoms with van der Waals surface area (Å²) >= 11 is 0. The van der Waals surface area contributed by atoms with E-state index in [0.717, 1.165) is 6.92 Å². The van der Waals surface area contributed by atoms with Crippen molar-refractivity contribution < 1.29 is 23.5 Å². The predicted octanol–water partition coefficient (Wildman–Crippen LogP) is -0.0986. The Labute approximate surface area is 115 Å². The maximum atomic E-state index is 13.5. The van der Waals surface area contributed by atoms with E-state index in [1.54, 1.807) is 6.07 Å². The van der Waals surface area contributed by atoms with Crippen molar-refractivity contribution >= 4 is 17.8 Å². The summed E-state index contributed by atoms with van der Waals surface area (Å²) in [5.41, 5.74) is 5.41. The van der Waals surface area contributed by atoms with Crippen LogP contribution in [-0.2, 0) is 25.5 Å². The van der Waals surface area contributed by atoms with E-state index >= 15 is 0 Å². The molecule has 1 rings (SSSR count). The van der Waals surface area contributed by atoms with Gasteiger partial charge in [0.1, 0.15) is 11.9 Å². The Morgan fingerprint density at radius 2 is 2.00 bits per heavy atom. The highest BCUT2D eigenvalue weighted by Crippen LogP contribution is 2.09. The molecule has 6 nitrogen and oxygen atoms in total. The molecule has 0 heterocycles. The van der Waals surface area contributed by atoms with Gasteiger partial charge in [0, 0.05) is 13.3 Å². The highest BCUT2D eigenvalue weighted by atomic mass is 19.1. The summed E-state index contributed by atoms with van der Waals surface area (Å²) < 4.78 is 18.0. The van der Waals surface area contributed by atoms with Crippen LogP contribution in [0.15, 0.2) is 24.3 Å². The van der Waals surface area contributed by atoms with Crippen molar-refractivity contribution in [3.8, 4) is 0 Å². The van der Waals surface area contributed by atoms with E-state index in [-0.39, 0.29) is 12.0 Å². The summed E-state index contributed by atoms with van der Waals surface area (Å²) in [4.78, 5) is 33.3. The topological polar surface area (TPSA) is 98.5 Å². The van der Waals surface area contributed by atoms with E-state index in [2.05, 4.69) is 10.1 Å². The average Bonchev–Trinajstić information content (AvgIpc) is 2.38. The van der Waals surface area contributed by atoms with Crippen LogP contribution in [0.4, 0.5) is 4.39 Å². The van der Waals surface area contributed by atoms with E-state index in [1.165, 1.54) is 18.2 Å². The standard InChI is InChI=1S/C13H15FN2O4/c1-8(17)20-7-12(18)16-11(13(15)19)6-9-4-2-3-5-10(9)14/h2-5,11H,6-7H2,1H3,(H2,15,19)(H,16,18)/t11-/m1/s1. The summed E-state index contributed by atoms with van der Waals surface area (Å²) in [6, 6.07) is 4.78. The van der Waals surface area contributed by atoms with Crippen LogP contribution in [0, 0.1) is 5.82 Å². The molecule has 0 fully saturated rings. The lowest BCUT2D eigenvalue weighted by Crippen LogP contribution is -2.47. The summed E-state index contributed by atoms with van der Waals surface area (Å²) in [6.07, 6.45) is -0.0756. The number of hydrogen-bond acceptors (Lipinski definition) is 4. The van der Waals surface area contributed by atoms with E-state index < -0.39 is 36.2 Å². The predicted molar refractivity (Wildman–Crippen MR) is 67.9 cm³/mol. The van der Waals surface area contributed by atoms with E-state index in [4.69, 9.17) is 5.73 Å². The molecular weight excluding hydrogens is 267 g/mol. The number of ether oxygens (including phenoxy) is 1.